The van der Waals surface area contributed by atoms with Gasteiger partial charge in [0.1, 0.15) is 11.9 Å². The first-order valence-corrected chi connectivity index (χ1v) is 10.0. The number of hydrogen-bond acceptors (Lipinski definition) is 6. The average molecular weight is 391 g/mol. The van der Waals surface area contributed by atoms with Crippen LogP contribution in [0.5, 0.6) is 5.75 Å². The fourth-order valence-electron chi connectivity index (χ4n) is 2.86. The molecule has 3 rings (SSSR count). The maximum absolute atomic E-state index is 12.4. The van der Waals surface area contributed by atoms with Crippen molar-refractivity contribution >= 4 is 21.4 Å². The van der Waals surface area contributed by atoms with Gasteiger partial charge >= 0.3 is 0 Å². The van der Waals surface area contributed by atoms with Crippen LogP contribution in [0.2, 0.25) is 0 Å². The quantitative estimate of drug-likeness (QED) is 0.600. The Bertz CT molecular complexity index is 890. The van der Waals surface area contributed by atoms with Gasteiger partial charge in [0.05, 0.1) is 9.82 Å². The smallest absolute Gasteiger partial charge is 0.269 e. The third-order valence-electron chi connectivity index (χ3n) is 4.43. The molecule has 2 aromatic carbocycles. The van der Waals surface area contributed by atoms with Gasteiger partial charge in [0.2, 0.25) is 0 Å². The number of piperidine rings is 1. The fourth-order valence-corrected chi connectivity index (χ4v) is 3.92. The summed E-state index contributed by atoms with van der Waals surface area (Å²) < 4.78 is 33.2. The van der Waals surface area contributed by atoms with Crippen molar-refractivity contribution in [3.8, 4) is 5.75 Å². The summed E-state index contributed by atoms with van der Waals surface area (Å²) in [6.45, 7) is 2.00. The zero-order chi connectivity index (χ0) is 19.4. The van der Waals surface area contributed by atoms with Crippen molar-refractivity contribution in [1.29, 1.82) is 0 Å². The number of nitro groups is 1. The van der Waals surface area contributed by atoms with Crippen molar-refractivity contribution in [2.24, 2.45) is 0 Å². The number of benzene rings is 2. The molecule has 0 bridgehead atoms. The summed E-state index contributed by atoms with van der Waals surface area (Å²) in [6.07, 6.45) is 2.10. The van der Waals surface area contributed by atoms with Crippen molar-refractivity contribution in [2.75, 3.05) is 24.9 Å². The number of non-ortho nitro benzene ring substituents is 1. The Balaban J connectivity index is 1.63. The van der Waals surface area contributed by atoms with Gasteiger partial charge in [-0.15, -0.1) is 0 Å². The number of rotatable bonds is 6. The number of nitrogens with one attached hydrogen (secondary N) is 1. The van der Waals surface area contributed by atoms with Gasteiger partial charge in [0.15, 0.2) is 0 Å². The predicted octanol–water partition coefficient (Wildman–Crippen LogP) is 2.87. The second kappa shape index (κ2) is 7.93. The lowest BCUT2D eigenvalue weighted by Crippen LogP contribution is -2.35. The first-order chi connectivity index (χ1) is 12.8. The van der Waals surface area contributed by atoms with Gasteiger partial charge in [0, 0.05) is 30.9 Å². The van der Waals surface area contributed by atoms with Crippen LogP contribution in [0.1, 0.15) is 12.8 Å². The topological polar surface area (TPSA) is 102 Å². The molecule has 0 aliphatic carbocycles. The van der Waals surface area contributed by atoms with Crippen LogP contribution < -0.4 is 9.46 Å². The van der Waals surface area contributed by atoms with Crippen LogP contribution in [-0.4, -0.2) is 44.5 Å². The van der Waals surface area contributed by atoms with Crippen LogP contribution in [0.15, 0.2) is 53.4 Å². The normalized spacial score (nSPS) is 16.0. The Morgan fingerprint density at radius 1 is 1.07 bits per heavy atom. The van der Waals surface area contributed by atoms with Crippen LogP contribution in [0.25, 0.3) is 0 Å². The van der Waals surface area contributed by atoms with E-state index in [0.717, 1.165) is 38.1 Å². The maximum Gasteiger partial charge on any atom is 0.269 e. The predicted molar refractivity (Wildman–Crippen MR) is 101 cm³/mol. The third-order valence-corrected chi connectivity index (χ3v) is 5.83. The van der Waals surface area contributed by atoms with E-state index in [1.807, 2.05) is 0 Å². The van der Waals surface area contributed by atoms with E-state index in [0.29, 0.717) is 11.4 Å². The Morgan fingerprint density at radius 3 is 2.22 bits per heavy atom. The molecule has 144 valence electrons. The monoisotopic (exact) mass is 391 g/mol. The van der Waals surface area contributed by atoms with Crippen molar-refractivity contribution in [3.05, 3.63) is 58.6 Å². The minimum Gasteiger partial charge on any atom is -0.490 e. The first-order valence-electron chi connectivity index (χ1n) is 8.56. The summed E-state index contributed by atoms with van der Waals surface area (Å²) in [6, 6.07) is 11.5. The SMILES string of the molecule is CN1CCC(Oc2ccc(NS(=O)(=O)c3ccc([N+](=O)[O-])cc3)cc2)CC1. The molecule has 0 unspecified atom stereocenters. The zero-order valence-corrected chi connectivity index (χ0v) is 15.7. The molecule has 1 aliphatic heterocycles. The van der Waals surface area contributed by atoms with Gasteiger partial charge in [-0.3, -0.25) is 14.8 Å². The van der Waals surface area contributed by atoms with E-state index in [-0.39, 0.29) is 16.7 Å². The first kappa shape index (κ1) is 19.1. The summed E-state index contributed by atoms with van der Waals surface area (Å²) in [7, 11) is -1.74. The Labute approximate surface area is 158 Å². The van der Waals surface area contributed by atoms with Gasteiger partial charge in [-0.2, -0.15) is 0 Å². The number of hydrogen-bond donors (Lipinski definition) is 1. The lowest BCUT2D eigenvalue weighted by atomic mass is 10.1. The van der Waals surface area contributed by atoms with Crippen molar-refractivity contribution in [3.63, 3.8) is 0 Å². The Kier molecular flexibility index (Phi) is 5.62. The standard InChI is InChI=1S/C18H21N3O5S/c1-20-12-10-17(11-13-20)26-16-6-2-14(3-7-16)19-27(24,25)18-8-4-15(5-9-18)21(22)23/h2-9,17,19H,10-13H2,1H3. The molecule has 1 heterocycles. The van der Waals surface area contributed by atoms with E-state index in [1.165, 1.54) is 12.1 Å². The molecule has 8 nitrogen and oxygen atoms in total. The summed E-state index contributed by atoms with van der Waals surface area (Å²) in [4.78, 5) is 12.3. The second-order valence-electron chi connectivity index (χ2n) is 6.50. The molecule has 1 aliphatic rings. The van der Waals surface area contributed by atoms with Crippen molar-refractivity contribution < 1.29 is 18.1 Å². The van der Waals surface area contributed by atoms with E-state index >= 15 is 0 Å². The highest BCUT2D eigenvalue weighted by Crippen LogP contribution is 2.23. The molecule has 0 spiro atoms. The van der Waals surface area contributed by atoms with Gasteiger partial charge in [-0.25, -0.2) is 8.42 Å². The van der Waals surface area contributed by atoms with Crippen LogP contribution in [0.4, 0.5) is 11.4 Å². The number of nitro benzene ring substituents is 1. The molecule has 27 heavy (non-hydrogen) atoms. The lowest BCUT2D eigenvalue weighted by molar-refractivity contribution is -0.384. The number of ether oxygens (including phenoxy) is 1. The third kappa shape index (κ3) is 4.95. The van der Waals surface area contributed by atoms with E-state index in [1.54, 1.807) is 24.3 Å². The molecule has 0 radical (unpaired) electrons. The van der Waals surface area contributed by atoms with Crippen LogP contribution in [-0.2, 0) is 10.0 Å². The summed E-state index contributed by atoms with van der Waals surface area (Å²) in [5.74, 6) is 0.697. The molecule has 0 aromatic heterocycles. The highest BCUT2D eigenvalue weighted by Gasteiger charge is 2.19. The molecule has 0 saturated carbocycles. The van der Waals surface area contributed by atoms with Crippen LogP contribution in [0.3, 0.4) is 0 Å². The van der Waals surface area contributed by atoms with Crippen LogP contribution in [0, 0.1) is 10.1 Å². The molecule has 0 amide bonds. The van der Waals surface area contributed by atoms with Gasteiger partial charge in [0.25, 0.3) is 15.7 Å². The second-order valence-corrected chi connectivity index (χ2v) is 8.18. The van der Waals surface area contributed by atoms with Gasteiger partial charge < -0.3 is 9.64 Å². The molecular formula is C18H21N3O5S. The van der Waals surface area contributed by atoms with Crippen molar-refractivity contribution in [2.45, 2.75) is 23.8 Å². The molecule has 9 heteroatoms. The van der Waals surface area contributed by atoms with Gasteiger partial charge in [-0.05, 0) is 56.3 Å². The van der Waals surface area contributed by atoms with E-state index < -0.39 is 14.9 Å². The minimum absolute atomic E-state index is 0.0419. The molecule has 1 N–H and O–H groups in total. The molecule has 0 atom stereocenters. The summed E-state index contributed by atoms with van der Waals surface area (Å²) >= 11 is 0. The minimum atomic E-state index is -3.82. The highest BCUT2D eigenvalue weighted by molar-refractivity contribution is 7.92. The Morgan fingerprint density at radius 2 is 1.67 bits per heavy atom. The molecule has 1 fully saturated rings. The molecule has 2 aromatic rings. The maximum atomic E-state index is 12.4. The number of nitrogens with zero attached hydrogens (tertiary/aromatic N) is 2. The number of anilines is 1. The number of likely N-dealkylation sites (tertiary alicyclic amines) is 1. The van der Waals surface area contributed by atoms with E-state index in [9.17, 15) is 18.5 Å². The lowest BCUT2D eigenvalue weighted by Gasteiger charge is -2.29. The van der Waals surface area contributed by atoms with Crippen LogP contribution >= 0.6 is 0 Å². The average Bonchev–Trinajstić information content (AvgIpc) is 2.65. The molecular weight excluding hydrogens is 370 g/mol. The number of sulfonamides is 1. The summed E-state index contributed by atoms with van der Waals surface area (Å²) in [5.41, 5.74) is 0.230. The highest BCUT2D eigenvalue weighted by atomic mass is 32.2. The fraction of sp³-hybridized carbons (Fsp3) is 0.333. The van der Waals surface area contributed by atoms with Crippen molar-refractivity contribution in [1.82, 2.24) is 4.90 Å². The van der Waals surface area contributed by atoms with E-state index in [2.05, 4.69) is 16.7 Å². The van der Waals surface area contributed by atoms with E-state index in [4.69, 9.17) is 4.74 Å². The summed E-state index contributed by atoms with van der Waals surface area (Å²) in [5, 5.41) is 10.7. The zero-order valence-electron chi connectivity index (χ0n) is 14.9. The molecule has 1 saturated heterocycles. The van der Waals surface area contributed by atoms with Gasteiger partial charge in [-0.1, -0.05) is 0 Å². The largest absolute Gasteiger partial charge is 0.490 e. The Hall–Kier alpha value is -2.65.